The average molecular weight is 336 g/mol. The zero-order chi connectivity index (χ0) is 17.5. The Bertz CT molecular complexity index is 592. The second-order valence-electron chi connectivity index (χ2n) is 5.98. The second kappa shape index (κ2) is 8.66. The molecule has 0 unspecified atom stereocenters. The van der Waals surface area contributed by atoms with E-state index in [0.29, 0.717) is 38.2 Å². The van der Waals surface area contributed by atoms with Crippen LogP contribution in [0, 0.1) is 5.82 Å². The molecule has 1 aliphatic rings. The standard InChI is InChI=1S/C18H25FN2O3/c1-3-4-6-17(22)20-9-5-10-21(12-11-20)18(23)14-7-8-16(24-2)15(19)13-14/h7-8,13H,3-6,9-12H2,1-2H3. The van der Waals surface area contributed by atoms with E-state index >= 15 is 0 Å². The molecule has 1 aliphatic heterocycles. The predicted octanol–water partition coefficient (Wildman–Crippen LogP) is 2.70. The van der Waals surface area contributed by atoms with E-state index in [9.17, 15) is 14.0 Å². The molecule has 0 bridgehead atoms. The van der Waals surface area contributed by atoms with Gasteiger partial charge in [-0.25, -0.2) is 4.39 Å². The summed E-state index contributed by atoms with van der Waals surface area (Å²) in [4.78, 5) is 28.2. The summed E-state index contributed by atoms with van der Waals surface area (Å²) >= 11 is 0. The Labute approximate surface area is 142 Å². The summed E-state index contributed by atoms with van der Waals surface area (Å²) in [7, 11) is 1.39. The highest BCUT2D eigenvalue weighted by atomic mass is 19.1. The van der Waals surface area contributed by atoms with Gasteiger partial charge in [-0.2, -0.15) is 0 Å². The molecule has 0 aromatic heterocycles. The van der Waals surface area contributed by atoms with Crippen LogP contribution >= 0.6 is 0 Å². The summed E-state index contributed by atoms with van der Waals surface area (Å²) < 4.78 is 18.7. The maximum absolute atomic E-state index is 13.8. The molecule has 2 rings (SSSR count). The third-order valence-electron chi connectivity index (χ3n) is 4.28. The van der Waals surface area contributed by atoms with Crippen molar-refractivity contribution < 1.29 is 18.7 Å². The number of ether oxygens (including phenoxy) is 1. The van der Waals surface area contributed by atoms with Crippen molar-refractivity contribution in [1.82, 2.24) is 9.80 Å². The number of benzene rings is 1. The molecule has 0 N–H and O–H groups in total. The second-order valence-corrected chi connectivity index (χ2v) is 5.98. The van der Waals surface area contributed by atoms with Gasteiger partial charge < -0.3 is 14.5 Å². The van der Waals surface area contributed by atoms with E-state index < -0.39 is 5.82 Å². The van der Waals surface area contributed by atoms with Crippen molar-refractivity contribution in [1.29, 1.82) is 0 Å². The summed E-state index contributed by atoms with van der Waals surface area (Å²) in [6.45, 7) is 4.31. The summed E-state index contributed by atoms with van der Waals surface area (Å²) in [5.41, 5.74) is 0.305. The van der Waals surface area contributed by atoms with Crippen LogP contribution in [0.4, 0.5) is 4.39 Å². The average Bonchev–Trinajstić information content (AvgIpc) is 2.85. The van der Waals surface area contributed by atoms with Crippen LogP contribution in [-0.4, -0.2) is 54.9 Å². The highest BCUT2D eigenvalue weighted by molar-refractivity contribution is 5.94. The number of carbonyl (C=O) groups excluding carboxylic acids is 2. The third kappa shape index (κ3) is 4.46. The number of nitrogens with zero attached hydrogens (tertiary/aromatic N) is 2. The lowest BCUT2D eigenvalue weighted by atomic mass is 10.1. The van der Waals surface area contributed by atoms with Crippen LogP contribution in [0.25, 0.3) is 0 Å². The Balaban J connectivity index is 1.99. The Morgan fingerprint density at radius 3 is 2.54 bits per heavy atom. The highest BCUT2D eigenvalue weighted by Crippen LogP contribution is 2.19. The molecule has 1 saturated heterocycles. The van der Waals surface area contributed by atoms with Gasteiger partial charge in [-0.05, 0) is 31.0 Å². The van der Waals surface area contributed by atoms with Gasteiger partial charge >= 0.3 is 0 Å². The Morgan fingerprint density at radius 1 is 1.17 bits per heavy atom. The van der Waals surface area contributed by atoms with E-state index in [1.165, 1.54) is 19.2 Å². The van der Waals surface area contributed by atoms with Gasteiger partial charge in [0.15, 0.2) is 11.6 Å². The molecule has 1 heterocycles. The first-order valence-corrected chi connectivity index (χ1v) is 8.47. The number of hydrogen-bond acceptors (Lipinski definition) is 3. The minimum Gasteiger partial charge on any atom is -0.494 e. The fourth-order valence-electron chi connectivity index (χ4n) is 2.84. The molecule has 0 atom stereocenters. The largest absolute Gasteiger partial charge is 0.494 e. The lowest BCUT2D eigenvalue weighted by Gasteiger charge is -2.22. The first-order chi connectivity index (χ1) is 11.6. The molecule has 0 spiro atoms. The molecule has 1 aromatic carbocycles. The summed E-state index contributed by atoms with van der Waals surface area (Å²) in [5, 5.41) is 0. The molecule has 24 heavy (non-hydrogen) atoms. The molecule has 1 fully saturated rings. The maximum Gasteiger partial charge on any atom is 0.254 e. The van der Waals surface area contributed by atoms with Gasteiger partial charge in [0.25, 0.3) is 5.91 Å². The maximum atomic E-state index is 13.8. The molecule has 132 valence electrons. The van der Waals surface area contributed by atoms with Crippen molar-refractivity contribution in [3.63, 3.8) is 0 Å². The molecule has 5 nitrogen and oxygen atoms in total. The Morgan fingerprint density at radius 2 is 1.88 bits per heavy atom. The number of halogens is 1. The Hall–Kier alpha value is -2.11. The van der Waals surface area contributed by atoms with E-state index in [1.807, 2.05) is 4.90 Å². The number of carbonyl (C=O) groups is 2. The molecule has 0 radical (unpaired) electrons. The number of unbranched alkanes of at least 4 members (excludes halogenated alkanes) is 1. The van der Waals surface area contributed by atoms with Gasteiger partial charge in [-0.3, -0.25) is 9.59 Å². The van der Waals surface area contributed by atoms with Gasteiger partial charge in [0, 0.05) is 38.2 Å². The molecular formula is C18H25FN2O3. The van der Waals surface area contributed by atoms with Crippen LogP contribution in [0.2, 0.25) is 0 Å². The summed E-state index contributed by atoms with van der Waals surface area (Å²) in [6, 6.07) is 4.23. The quantitative estimate of drug-likeness (QED) is 0.831. The van der Waals surface area contributed by atoms with Gasteiger partial charge in [0.05, 0.1) is 7.11 Å². The first kappa shape index (κ1) is 18.2. The van der Waals surface area contributed by atoms with Crippen LogP contribution in [-0.2, 0) is 4.79 Å². The molecule has 2 amide bonds. The summed E-state index contributed by atoms with van der Waals surface area (Å²) in [5.74, 6) is -0.481. The zero-order valence-corrected chi connectivity index (χ0v) is 14.4. The van der Waals surface area contributed by atoms with Crippen molar-refractivity contribution in [2.75, 3.05) is 33.3 Å². The molecule has 1 aromatic rings. The number of methoxy groups -OCH3 is 1. The number of rotatable bonds is 5. The molecule has 6 heteroatoms. The van der Waals surface area contributed by atoms with Crippen LogP contribution in [0.3, 0.4) is 0 Å². The fourth-order valence-corrected chi connectivity index (χ4v) is 2.84. The van der Waals surface area contributed by atoms with Crippen LogP contribution < -0.4 is 4.74 Å². The minimum absolute atomic E-state index is 0.120. The van der Waals surface area contributed by atoms with Gasteiger partial charge in [-0.1, -0.05) is 13.3 Å². The molecular weight excluding hydrogens is 311 g/mol. The molecule has 0 aliphatic carbocycles. The number of amides is 2. The van der Waals surface area contributed by atoms with Crippen molar-refractivity contribution in [2.45, 2.75) is 32.6 Å². The highest BCUT2D eigenvalue weighted by Gasteiger charge is 2.23. The van der Waals surface area contributed by atoms with E-state index in [2.05, 4.69) is 6.92 Å². The number of hydrogen-bond donors (Lipinski definition) is 0. The summed E-state index contributed by atoms with van der Waals surface area (Å²) in [6.07, 6.45) is 3.19. The topological polar surface area (TPSA) is 49.9 Å². The van der Waals surface area contributed by atoms with Gasteiger partial charge in [-0.15, -0.1) is 0 Å². The first-order valence-electron chi connectivity index (χ1n) is 8.47. The smallest absolute Gasteiger partial charge is 0.254 e. The monoisotopic (exact) mass is 336 g/mol. The van der Waals surface area contributed by atoms with E-state index in [-0.39, 0.29) is 17.6 Å². The third-order valence-corrected chi connectivity index (χ3v) is 4.28. The van der Waals surface area contributed by atoms with Crippen LogP contribution in [0.5, 0.6) is 5.75 Å². The predicted molar refractivity (Wildman–Crippen MR) is 89.6 cm³/mol. The van der Waals surface area contributed by atoms with Crippen molar-refractivity contribution in [3.05, 3.63) is 29.6 Å². The van der Waals surface area contributed by atoms with Crippen LogP contribution in [0.15, 0.2) is 18.2 Å². The van der Waals surface area contributed by atoms with Gasteiger partial charge in [0.2, 0.25) is 5.91 Å². The normalized spacial score (nSPS) is 15.1. The molecule has 0 saturated carbocycles. The van der Waals surface area contributed by atoms with E-state index in [4.69, 9.17) is 4.74 Å². The van der Waals surface area contributed by atoms with Crippen molar-refractivity contribution in [2.24, 2.45) is 0 Å². The van der Waals surface area contributed by atoms with E-state index in [1.54, 1.807) is 11.0 Å². The minimum atomic E-state index is -0.547. The SMILES string of the molecule is CCCCC(=O)N1CCCN(C(=O)c2ccc(OC)c(F)c2)CC1. The van der Waals surface area contributed by atoms with Crippen molar-refractivity contribution in [3.8, 4) is 5.75 Å². The van der Waals surface area contributed by atoms with Crippen LogP contribution in [0.1, 0.15) is 43.0 Å². The lowest BCUT2D eigenvalue weighted by Crippen LogP contribution is -2.37. The zero-order valence-electron chi connectivity index (χ0n) is 14.4. The Kier molecular flexibility index (Phi) is 6.58. The lowest BCUT2D eigenvalue weighted by molar-refractivity contribution is -0.131. The van der Waals surface area contributed by atoms with Gasteiger partial charge in [0.1, 0.15) is 0 Å². The van der Waals surface area contributed by atoms with Crippen molar-refractivity contribution >= 4 is 11.8 Å². The van der Waals surface area contributed by atoms with E-state index in [0.717, 1.165) is 19.3 Å². The fraction of sp³-hybridized carbons (Fsp3) is 0.556.